The first kappa shape index (κ1) is 9.26. The second kappa shape index (κ2) is 3.83. The average Bonchev–Trinajstić information content (AvgIpc) is 2.20. The van der Waals surface area contributed by atoms with E-state index in [0.29, 0.717) is 0 Å². The lowest BCUT2D eigenvalue weighted by atomic mass is 9.98. The molecule has 0 bridgehead atoms. The summed E-state index contributed by atoms with van der Waals surface area (Å²) in [5.41, 5.74) is 2.77. The number of fused-ring (bicyclic) bond motifs is 1. The average molecular weight is 183 g/mol. The highest BCUT2D eigenvalue weighted by Gasteiger charge is 2.00. The van der Waals surface area contributed by atoms with Crippen LogP contribution in [0, 0.1) is 13.0 Å². The minimum Gasteiger partial charge on any atom is -0.0651 e. The molecule has 0 amide bonds. The van der Waals surface area contributed by atoms with Crippen LogP contribution in [-0.4, -0.2) is 0 Å². The Kier molecular flexibility index (Phi) is 2.53. The summed E-state index contributed by atoms with van der Waals surface area (Å²) in [5.74, 6) is 0. The molecule has 2 aromatic carbocycles. The highest BCUT2D eigenvalue weighted by molar-refractivity contribution is 5.88. The zero-order valence-electron chi connectivity index (χ0n) is 8.80. The van der Waals surface area contributed by atoms with Crippen LogP contribution in [-0.2, 0) is 6.42 Å². The van der Waals surface area contributed by atoms with Gasteiger partial charge in [-0.05, 0) is 47.4 Å². The molecule has 0 nitrogen and oxygen atoms in total. The van der Waals surface area contributed by atoms with E-state index >= 15 is 0 Å². The molecule has 0 aliphatic carbocycles. The molecule has 0 saturated carbocycles. The molecule has 0 spiro atoms. The molecular formula is C14H15. The first-order valence-corrected chi connectivity index (χ1v) is 5.21. The third-order valence-corrected chi connectivity index (χ3v) is 2.67. The van der Waals surface area contributed by atoms with Crippen LogP contribution in [0.15, 0.2) is 30.3 Å². The van der Waals surface area contributed by atoms with Crippen LogP contribution in [0.3, 0.4) is 0 Å². The van der Waals surface area contributed by atoms with Crippen molar-refractivity contribution in [2.45, 2.75) is 26.7 Å². The number of rotatable bonds is 2. The molecular weight excluding hydrogens is 168 g/mol. The fourth-order valence-electron chi connectivity index (χ4n) is 1.94. The van der Waals surface area contributed by atoms with Crippen LogP contribution in [0.25, 0.3) is 10.8 Å². The quantitative estimate of drug-likeness (QED) is 0.662. The zero-order valence-corrected chi connectivity index (χ0v) is 8.80. The maximum atomic E-state index is 3.20. The van der Waals surface area contributed by atoms with Crippen molar-refractivity contribution in [2.24, 2.45) is 0 Å². The molecule has 0 aliphatic heterocycles. The van der Waals surface area contributed by atoms with Gasteiger partial charge in [-0.2, -0.15) is 0 Å². The molecule has 0 heterocycles. The van der Waals surface area contributed by atoms with Crippen LogP contribution < -0.4 is 0 Å². The topological polar surface area (TPSA) is 0 Å². The first-order chi connectivity index (χ1) is 6.83. The normalized spacial score (nSPS) is 10.7. The van der Waals surface area contributed by atoms with E-state index in [2.05, 4.69) is 50.2 Å². The Balaban J connectivity index is 2.68. The van der Waals surface area contributed by atoms with Gasteiger partial charge in [-0.1, -0.05) is 37.6 Å². The standard InChI is InChI=1S/C14H15/c1-3-6-12-8-5-9-13-11(2)7-4-10-14(12)13/h5,7-10H,3,6H2,1-2H3. The van der Waals surface area contributed by atoms with Crippen molar-refractivity contribution in [3.05, 3.63) is 47.5 Å². The van der Waals surface area contributed by atoms with Crippen molar-refractivity contribution >= 4 is 10.8 Å². The Morgan fingerprint density at radius 1 is 1.14 bits per heavy atom. The molecule has 71 valence electrons. The molecule has 14 heavy (non-hydrogen) atoms. The predicted molar refractivity (Wildman–Crippen MR) is 61.5 cm³/mol. The van der Waals surface area contributed by atoms with E-state index in [4.69, 9.17) is 0 Å². The molecule has 0 aliphatic rings. The maximum absolute atomic E-state index is 3.20. The van der Waals surface area contributed by atoms with Crippen LogP contribution in [0.5, 0.6) is 0 Å². The van der Waals surface area contributed by atoms with E-state index in [0.717, 1.165) is 6.42 Å². The lowest BCUT2D eigenvalue weighted by Gasteiger charge is -2.06. The number of hydrogen-bond acceptors (Lipinski definition) is 0. The summed E-state index contributed by atoms with van der Waals surface area (Å²) in [5, 5.41) is 2.74. The molecule has 2 aromatic rings. The van der Waals surface area contributed by atoms with E-state index in [1.54, 1.807) is 0 Å². The molecule has 0 fully saturated rings. The maximum Gasteiger partial charge on any atom is -0.0143 e. The summed E-state index contributed by atoms with van der Waals surface area (Å²) in [6.45, 7) is 4.37. The lowest BCUT2D eigenvalue weighted by Crippen LogP contribution is -1.87. The fourth-order valence-corrected chi connectivity index (χ4v) is 1.94. The highest BCUT2D eigenvalue weighted by atomic mass is 14.0. The molecule has 0 saturated heterocycles. The largest absolute Gasteiger partial charge is 0.0651 e. The summed E-state index contributed by atoms with van der Waals surface area (Å²) in [4.78, 5) is 0. The van der Waals surface area contributed by atoms with Gasteiger partial charge in [0, 0.05) is 0 Å². The third-order valence-electron chi connectivity index (χ3n) is 2.67. The van der Waals surface area contributed by atoms with Crippen molar-refractivity contribution in [1.29, 1.82) is 0 Å². The van der Waals surface area contributed by atoms with Crippen LogP contribution in [0.2, 0.25) is 0 Å². The van der Waals surface area contributed by atoms with Crippen molar-refractivity contribution in [1.82, 2.24) is 0 Å². The van der Waals surface area contributed by atoms with Gasteiger partial charge in [-0.15, -0.1) is 0 Å². The SMILES string of the molecule is CCCc1cccc2c(C)c[c]cc12. The van der Waals surface area contributed by atoms with Crippen LogP contribution in [0.4, 0.5) is 0 Å². The molecule has 0 unspecified atom stereocenters. The van der Waals surface area contributed by atoms with Crippen molar-refractivity contribution in [3.63, 3.8) is 0 Å². The van der Waals surface area contributed by atoms with E-state index in [1.165, 1.54) is 28.3 Å². The van der Waals surface area contributed by atoms with Gasteiger partial charge in [0.05, 0.1) is 0 Å². The van der Waals surface area contributed by atoms with Crippen molar-refractivity contribution < 1.29 is 0 Å². The monoisotopic (exact) mass is 183 g/mol. The van der Waals surface area contributed by atoms with E-state index in [1.807, 2.05) is 0 Å². The van der Waals surface area contributed by atoms with E-state index in [-0.39, 0.29) is 0 Å². The number of benzene rings is 2. The second-order valence-electron chi connectivity index (χ2n) is 3.77. The van der Waals surface area contributed by atoms with Gasteiger partial charge in [0.1, 0.15) is 0 Å². The third kappa shape index (κ3) is 1.52. The summed E-state index contributed by atoms with van der Waals surface area (Å²) in [6.07, 6.45) is 2.36. The summed E-state index contributed by atoms with van der Waals surface area (Å²) >= 11 is 0. The predicted octanol–water partition coefficient (Wildman–Crippen LogP) is 3.90. The van der Waals surface area contributed by atoms with Gasteiger partial charge in [-0.3, -0.25) is 0 Å². The van der Waals surface area contributed by atoms with Gasteiger partial charge in [0.2, 0.25) is 0 Å². The molecule has 1 radical (unpaired) electrons. The second-order valence-corrected chi connectivity index (χ2v) is 3.77. The molecule has 0 aromatic heterocycles. The Morgan fingerprint density at radius 3 is 2.79 bits per heavy atom. The fraction of sp³-hybridized carbons (Fsp3) is 0.286. The lowest BCUT2D eigenvalue weighted by molar-refractivity contribution is 0.929. The van der Waals surface area contributed by atoms with Gasteiger partial charge >= 0.3 is 0 Å². The van der Waals surface area contributed by atoms with Gasteiger partial charge in [0.25, 0.3) is 0 Å². The van der Waals surface area contributed by atoms with Crippen molar-refractivity contribution in [2.75, 3.05) is 0 Å². The molecule has 0 heteroatoms. The Hall–Kier alpha value is -1.30. The Bertz CT molecular complexity index is 441. The smallest absolute Gasteiger partial charge is 0.0143 e. The minimum absolute atomic E-state index is 1.16. The van der Waals surface area contributed by atoms with Gasteiger partial charge in [0.15, 0.2) is 0 Å². The Morgan fingerprint density at radius 2 is 2.00 bits per heavy atom. The highest BCUT2D eigenvalue weighted by Crippen LogP contribution is 2.22. The number of aryl methyl sites for hydroxylation is 2. The van der Waals surface area contributed by atoms with Crippen LogP contribution >= 0.6 is 0 Å². The first-order valence-electron chi connectivity index (χ1n) is 5.21. The van der Waals surface area contributed by atoms with E-state index in [9.17, 15) is 0 Å². The molecule has 0 atom stereocenters. The summed E-state index contributed by atoms with van der Waals surface area (Å²) in [6, 6.07) is 13.9. The van der Waals surface area contributed by atoms with Crippen LogP contribution in [0.1, 0.15) is 24.5 Å². The number of hydrogen-bond donors (Lipinski definition) is 0. The molecule has 2 rings (SSSR count). The van der Waals surface area contributed by atoms with Gasteiger partial charge < -0.3 is 0 Å². The summed E-state index contributed by atoms with van der Waals surface area (Å²) < 4.78 is 0. The van der Waals surface area contributed by atoms with E-state index < -0.39 is 0 Å². The zero-order chi connectivity index (χ0) is 9.97. The Labute approximate surface area is 85.6 Å². The molecule has 0 N–H and O–H groups in total. The summed E-state index contributed by atoms with van der Waals surface area (Å²) in [7, 11) is 0. The van der Waals surface area contributed by atoms with Gasteiger partial charge in [-0.25, -0.2) is 0 Å². The minimum atomic E-state index is 1.16. The van der Waals surface area contributed by atoms with Crippen molar-refractivity contribution in [3.8, 4) is 0 Å².